The number of ether oxygens (including phenoxy) is 1. The van der Waals surface area contributed by atoms with Gasteiger partial charge in [0.1, 0.15) is 0 Å². The molecule has 0 heterocycles. The lowest BCUT2D eigenvalue weighted by Crippen LogP contribution is -2.31. The van der Waals surface area contributed by atoms with Gasteiger partial charge in [-0.05, 0) is 24.0 Å². The summed E-state index contributed by atoms with van der Waals surface area (Å²) in [6.45, 7) is 0.322. The second-order valence-corrected chi connectivity index (χ2v) is 3.90. The first-order valence-corrected chi connectivity index (χ1v) is 5.89. The summed E-state index contributed by atoms with van der Waals surface area (Å²) in [5.41, 5.74) is 0.940. The number of esters is 1. The zero-order valence-electron chi connectivity index (χ0n) is 9.15. The van der Waals surface area contributed by atoms with E-state index in [1.807, 2.05) is 30.5 Å². The molecule has 4 nitrogen and oxygen atoms in total. The molecule has 1 aromatic carbocycles. The molecule has 0 saturated heterocycles. The average molecular weight is 239 g/mol. The van der Waals surface area contributed by atoms with Crippen molar-refractivity contribution in [2.75, 3.05) is 13.4 Å². The Morgan fingerprint density at radius 3 is 2.44 bits per heavy atom. The fourth-order valence-electron chi connectivity index (χ4n) is 1.09. The predicted octanol–water partition coefficient (Wildman–Crippen LogP) is 1.20. The van der Waals surface area contributed by atoms with E-state index in [1.54, 1.807) is 11.8 Å². The van der Waals surface area contributed by atoms with Gasteiger partial charge in [0, 0.05) is 11.4 Å². The Bertz CT molecular complexity index is 375. The zero-order valence-corrected chi connectivity index (χ0v) is 9.97. The molecule has 0 saturated carbocycles. The van der Waals surface area contributed by atoms with Crippen molar-refractivity contribution >= 4 is 23.6 Å². The minimum atomic E-state index is -0.874. The highest BCUT2D eigenvalue weighted by molar-refractivity contribution is 7.98. The van der Waals surface area contributed by atoms with Crippen molar-refractivity contribution in [3.05, 3.63) is 29.8 Å². The summed E-state index contributed by atoms with van der Waals surface area (Å²) in [6, 6.07) is 7.74. The van der Waals surface area contributed by atoms with Gasteiger partial charge in [-0.25, -0.2) is 4.79 Å². The molecule has 1 N–H and O–H groups in total. The molecule has 0 radical (unpaired) electrons. The first-order valence-electron chi connectivity index (χ1n) is 4.66. The monoisotopic (exact) mass is 239 g/mol. The fraction of sp³-hybridized carbons (Fsp3) is 0.273. The van der Waals surface area contributed by atoms with Crippen LogP contribution in [0.15, 0.2) is 29.2 Å². The summed E-state index contributed by atoms with van der Waals surface area (Å²) >= 11 is 1.65. The van der Waals surface area contributed by atoms with Crippen molar-refractivity contribution in [2.24, 2.45) is 0 Å². The summed E-state index contributed by atoms with van der Waals surface area (Å²) < 4.78 is 4.28. The lowest BCUT2D eigenvalue weighted by molar-refractivity contribution is -0.152. The van der Waals surface area contributed by atoms with E-state index in [-0.39, 0.29) is 0 Å². The smallest absolute Gasteiger partial charge is 0.396 e. The van der Waals surface area contributed by atoms with Crippen LogP contribution in [0.1, 0.15) is 5.56 Å². The second kappa shape index (κ2) is 6.17. The minimum absolute atomic E-state index is 0.322. The molecule has 1 amide bonds. The zero-order chi connectivity index (χ0) is 12.0. The van der Waals surface area contributed by atoms with Crippen LogP contribution in [0.25, 0.3) is 0 Å². The van der Waals surface area contributed by atoms with Crippen LogP contribution in [0.5, 0.6) is 0 Å². The van der Waals surface area contributed by atoms with E-state index in [4.69, 9.17) is 0 Å². The van der Waals surface area contributed by atoms with Gasteiger partial charge in [0.2, 0.25) is 0 Å². The molecule has 16 heavy (non-hydrogen) atoms. The number of hydrogen-bond donors (Lipinski definition) is 1. The van der Waals surface area contributed by atoms with E-state index in [9.17, 15) is 9.59 Å². The molecule has 5 heteroatoms. The number of carbonyl (C=O) groups excluding carboxylic acids is 2. The highest BCUT2D eigenvalue weighted by Gasteiger charge is 2.12. The van der Waals surface area contributed by atoms with E-state index in [2.05, 4.69) is 10.1 Å². The van der Waals surface area contributed by atoms with Gasteiger partial charge < -0.3 is 10.1 Å². The van der Waals surface area contributed by atoms with Crippen molar-refractivity contribution in [1.82, 2.24) is 5.32 Å². The van der Waals surface area contributed by atoms with Gasteiger partial charge in [-0.2, -0.15) is 0 Å². The number of methoxy groups -OCH3 is 1. The van der Waals surface area contributed by atoms with Crippen molar-refractivity contribution < 1.29 is 14.3 Å². The number of carbonyl (C=O) groups is 2. The number of amides is 1. The fourth-order valence-corrected chi connectivity index (χ4v) is 1.50. The van der Waals surface area contributed by atoms with Crippen molar-refractivity contribution in [1.29, 1.82) is 0 Å². The minimum Gasteiger partial charge on any atom is -0.462 e. The lowest BCUT2D eigenvalue weighted by atomic mass is 10.2. The average Bonchev–Trinajstić information content (AvgIpc) is 2.35. The van der Waals surface area contributed by atoms with Gasteiger partial charge in [0.05, 0.1) is 7.11 Å². The van der Waals surface area contributed by atoms with E-state index in [1.165, 1.54) is 7.11 Å². The van der Waals surface area contributed by atoms with Crippen LogP contribution >= 0.6 is 11.8 Å². The lowest BCUT2D eigenvalue weighted by Gasteiger charge is -2.04. The Morgan fingerprint density at radius 1 is 1.31 bits per heavy atom. The van der Waals surface area contributed by atoms with Crippen LogP contribution in [-0.2, 0) is 20.9 Å². The highest BCUT2D eigenvalue weighted by Crippen LogP contribution is 2.14. The van der Waals surface area contributed by atoms with Crippen LogP contribution in [0, 0.1) is 0 Å². The molecule has 0 aliphatic carbocycles. The molecule has 0 spiro atoms. The highest BCUT2D eigenvalue weighted by atomic mass is 32.2. The molecular weight excluding hydrogens is 226 g/mol. The van der Waals surface area contributed by atoms with Crippen LogP contribution in [0.2, 0.25) is 0 Å². The van der Waals surface area contributed by atoms with Crippen LogP contribution in [0.4, 0.5) is 0 Å². The molecule has 0 aliphatic rings. The third-order valence-corrected chi connectivity index (χ3v) is 2.73. The molecule has 86 valence electrons. The van der Waals surface area contributed by atoms with E-state index in [0.717, 1.165) is 10.5 Å². The summed E-state index contributed by atoms with van der Waals surface area (Å²) in [6.07, 6.45) is 1.99. The number of nitrogens with one attached hydrogen (secondary N) is 1. The van der Waals surface area contributed by atoms with E-state index < -0.39 is 11.9 Å². The van der Waals surface area contributed by atoms with Crippen LogP contribution < -0.4 is 5.32 Å². The number of rotatable bonds is 3. The third-order valence-electron chi connectivity index (χ3n) is 1.98. The Balaban J connectivity index is 2.48. The number of benzene rings is 1. The number of hydrogen-bond acceptors (Lipinski definition) is 4. The van der Waals surface area contributed by atoms with Crippen molar-refractivity contribution in [3.8, 4) is 0 Å². The Morgan fingerprint density at radius 2 is 1.94 bits per heavy atom. The Labute approximate surface area is 98.4 Å². The maximum absolute atomic E-state index is 11.1. The Kier molecular flexibility index (Phi) is 4.85. The molecule has 0 unspecified atom stereocenters. The molecular formula is C11H13NO3S. The second-order valence-electron chi connectivity index (χ2n) is 3.02. The summed E-state index contributed by atoms with van der Waals surface area (Å²) in [4.78, 5) is 23.0. The van der Waals surface area contributed by atoms with Crippen LogP contribution in [0.3, 0.4) is 0 Å². The van der Waals surface area contributed by atoms with Gasteiger partial charge in [-0.3, -0.25) is 4.79 Å². The molecule has 0 atom stereocenters. The van der Waals surface area contributed by atoms with Gasteiger partial charge in [-0.1, -0.05) is 12.1 Å². The first-order chi connectivity index (χ1) is 7.67. The first kappa shape index (κ1) is 12.6. The molecule has 0 bridgehead atoms. The Hall–Kier alpha value is -1.49. The van der Waals surface area contributed by atoms with Gasteiger partial charge in [0.25, 0.3) is 0 Å². The standard InChI is InChI=1S/C11H13NO3S/c1-15-11(14)10(13)12-7-8-3-5-9(16-2)6-4-8/h3-6H,7H2,1-2H3,(H,12,13). The molecule has 1 rings (SSSR count). The number of thioether (sulfide) groups is 1. The maximum Gasteiger partial charge on any atom is 0.396 e. The quantitative estimate of drug-likeness (QED) is 0.489. The predicted molar refractivity (Wildman–Crippen MR) is 62.1 cm³/mol. The SMILES string of the molecule is COC(=O)C(=O)NCc1ccc(SC)cc1. The van der Waals surface area contributed by atoms with Gasteiger partial charge in [0.15, 0.2) is 0 Å². The van der Waals surface area contributed by atoms with Gasteiger partial charge in [-0.15, -0.1) is 11.8 Å². The summed E-state index contributed by atoms with van der Waals surface area (Å²) in [7, 11) is 1.18. The van der Waals surface area contributed by atoms with Crippen molar-refractivity contribution in [3.63, 3.8) is 0 Å². The van der Waals surface area contributed by atoms with Gasteiger partial charge >= 0.3 is 11.9 Å². The third kappa shape index (κ3) is 3.58. The summed E-state index contributed by atoms with van der Waals surface area (Å²) in [5.74, 6) is -1.60. The molecule has 0 aromatic heterocycles. The molecule has 0 fully saturated rings. The molecule has 0 aliphatic heterocycles. The molecule has 1 aromatic rings. The summed E-state index contributed by atoms with van der Waals surface area (Å²) in [5, 5.41) is 2.47. The van der Waals surface area contributed by atoms with Crippen molar-refractivity contribution in [2.45, 2.75) is 11.4 Å². The maximum atomic E-state index is 11.1. The topological polar surface area (TPSA) is 55.4 Å². The van der Waals surface area contributed by atoms with E-state index in [0.29, 0.717) is 6.54 Å². The normalized spacial score (nSPS) is 9.62. The van der Waals surface area contributed by atoms with Crippen LogP contribution in [-0.4, -0.2) is 25.2 Å². The van der Waals surface area contributed by atoms with E-state index >= 15 is 0 Å². The largest absolute Gasteiger partial charge is 0.462 e.